The second-order valence-electron chi connectivity index (χ2n) is 4.37. The fourth-order valence-corrected chi connectivity index (χ4v) is 2.71. The maximum atomic E-state index is 12.0. The van der Waals surface area contributed by atoms with Gasteiger partial charge in [0.15, 0.2) is 0 Å². The Hall–Kier alpha value is -1.65. The number of nitrogens with one attached hydrogen (secondary N) is 2. The fourth-order valence-electron chi connectivity index (χ4n) is 1.95. The van der Waals surface area contributed by atoms with E-state index in [0.29, 0.717) is 0 Å². The number of carbonyl (C=O) groups is 1. The largest absolute Gasteiger partial charge is 0.325 e. The van der Waals surface area contributed by atoms with Gasteiger partial charge in [0, 0.05) is 29.2 Å². The van der Waals surface area contributed by atoms with Crippen molar-refractivity contribution in [2.45, 2.75) is 0 Å². The molecule has 92 valence electrons. The summed E-state index contributed by atoms with van der Waals surface area (Å²) in [5, 5.41) is 8.19. The van der Waals surface area contributed by atoms with Crippen LogP contribution in [0.3, 0.4) is 0 Å². The molecule has 0 aliphatic carbocycles. The third-order valence-electron chi connectivity index (χ3n) is 3.12. The average Bonchev–Trinajstić information content (AvgIpc) is 2.80. The number of benzene rings is 1. The number of anilines is 1. The van der Waals surface area contributed by atoms with Crippen molar-refractivity contribution in [3.63, 3.8) is 0 Å². The highest BCUT2D eigenvalue weighted by molar-refractivity contribution is 7.13. The van der Waals surface area contributed by atoms with Crippen LogP contribution >= 0.6 is 11.3 Å². The van der Waals surface area contributed by atoms with Crippen molar-refractivity contribution >= 4 is 22.9 Å². The van der Waals surface area contributed by atoms with E-state index in [2.05, 4.69) is 16.7 Å². The Morgan fingerprint density at radius 2 is 2.06 bits per heavy atom. The number of carbonyl (C=O) groups excluding carboxylic acids is 1. The van der Waals surface area contributed by atoms with Gasteiger partial charge in [0.25, 0.3) is 0 Å². The van der Waals surface area contributed by atoms with E-state index in [1.165, 1.54) is 4.88 Å². The quantitative estimate of drug-likeness (QED) is 0.888. The molecule has 0 saturated carbocycles. The summed E-state index contributed by atoms with van der Waals surface area (Å²) in [5.74, 6) is 0.221. The Bertz CT molecular complexity index is 547. The van der Waals surface area contributed by atoms with E-state index in [4.69, 9.17) is 0 Å². The van der Waals surface area contributed by atoms with Crippen LogP contribution in [0.2, 0.25) is 0 Å². The molecule has 0 bridgehead atoms. The van der Waals surface area contributed by atoms with Gasteiger partial charge in [-0.2, -0.15) is 0 Å². The highest BCUT2D eigenvalue weighted by atomic mass is 32.1. The minimum absolute atomic E-state index is 0.109. The van der Waals surface area contributed by atoms with Crippen molar-refractivity contribution in [3.8, 4) is 10.4 Å². The smallest absolute Gasteiger partial charge is 0.230 e. The number of amides is 1. The molecule has 0 unspecified atom stereocenters. The zero-order chi connectivity index (χ0) is 12.4. The highest BCUT2D eigenvalue weighted by Gasteiger charge is 2.25. The molecule has 1 amide bonds. The number of hydrogen-bond donors (Lipinski definition) is 2. The zero-order valence-corrected chi connectivity index (χ0v) is 10.7. The molecule has 3 rings (SSSR count). The summed E-state index contributed by atoms with van der Waals surface area (Å²) in [4.78, 5) is 13.1. The van der Waals surface area contributed by atoms with Gasteiger partial charge in [0.2, 0.25) is 5.91 Å². The Morgan fingerprint density at radius 1 is 1.22 bits per heavy atom. The van der Waals surface area contributed by atoms with Crippen LogP contribution in [0.1, 0.15) is 0 Å². The minimum atomic E-state index is 0.109. The van der Waals surface area contributed by atoms with Gasteiger partial charge in [-0.05, 0) is 17.5 Å². The zero-order valence-electron chi connectivity index (χ0n) is 9.85. The predicted molar refractivity (Wildman–Crippen MR) is 74.7 cm³/mol. The molecule has 2 heterocycles. The van der Waals surface area contributed by atoms with Gasteiger partial charge in [0.05, 0.1) is 5.92 Å². The lowest BCUT2D eigenvalue weighted by molar-refractivity contribution is -0.121. The third kappa shape index (κ3) is 2.17. The molecule has 0 atom stereocenters. The van der Waals surface area contributed by atoms with Crippen LogP contribution in [-0.2, 0) is 4.79 Å². The van der Waals surface area contributed by atoms with Crippen molar-refractivity contribution in [2.75, 3.05) is 18.4 Å². The van der Waals surface area contributed by atoms with Gasteiger partial charge in [-0.1, -0.05) is 24.3 Å². The van der Waals surface area contributed by atoms with Gasteiger partial charge < -0.3 is 10.6 Å². The molecule has 3 nitrogen and oxygen atoms in total. The van der Waals surface area contributed by atoms with Crippen molar-refractivity contribution in [3.05, 3.63) is 41.8 Å². The van der Waals surface area contributed by atoms with Crippen LogP contribution in [0.25, 0.3) is 10.4 Å². The third-order valence-corrected chi connectivity index (χ3v) is 4.03. The van der Waals surface area contributed by atoms with E-state index >= 15 is 0 Å². The van der Waals surface area contributed by atoms with Crippen molar-refractivity contribution in [2.24, 2.45) is 5.92 Å². The van der Waals surface area contributed by atoms with Gasteiger partial charge in [-0.3, -0.25) is 4.79 Å². The summed E-state index contributed by atoms with van der Waals surface area (Å²) in [6.45, 7) is 1.57. The molecule has 2 N–H and O–H groups in total. The van der Waals surface area contributed by atoms with E-state index in [1.54, 1.807) is 11.3 Å². The summed E-state index contributed by atoms with van der Waals surface area (Å²) in [5.41, 5.74) is 1.99. The predicted octanol–water partition coefficient (Wildman–Crippen LogP) is 2.57. The van der Waals surface area contributed by atoms with Crippen molar-refractivity contribution in [1.82, 2.24) is 5.32 Å². The highest BCUT2D eigenvalue weighted by Crippen LogP contribution is 2.31. The number of thiophene rings is 1. The first-order valence-corrected chi connectivity index (χ1v) is 6.87. The minimum Gasteiger partial charge on any atom is -0.325 e. The standard InChI is InChI=1S/C14H14N2OS/c17-14(10-8-15-9-10)16-12-5-2-1-4-11(12)13-6-3-7-18-13/h1-7,10,15H,8-9H2,(H,16,17). The molecule has 1 aromatic heterocycles. The first-order valence-electron chi connectivity index (χ1n) is 5.99. The Kier molecular flexibility index (Phi) is 3.13. The molecule has 1 aromatic carbocycles. The average molecular weight is 258 g/mol. The maximum Gasteiger partial charge on any atom is 0.230 e. The summed E-state index contributed by atoms with van der Waals surface area (Å²) in [7, 11) is 0. The molecule has 4 heteroatoms. The molecule has 1 aliphatic rings. The summed E-state index contributed by atoms with van der Waals surface area (Å²) in [6, 6.07) is 12.0. The summed E-state index contributed by atoms with van der Waals surface area (Å²) in [6.07, 6.45) is 0. The molecular formula is C14H14N2OS. The normalized spacial score (nSPS) is 15.1. The van der Waals surface area contributed by atoms with Gasteiger partial charge in [-0.25, -0.2) is 0 Å². The second kappa shape index (κ2) is 4.92. The number of para-hydroxylation sites is 1. The fraction of sp³-hybridized carbons (Fsp3) is 0.214. The first-order chi connectivity index (χ1) is 8.84. The summed E-state index contributed by atoms with van der Waals surface area (Å²) >= 11 is 1.68. The Balaban J connectivity index is 1.85. The number of hydrogen-bond acceptors (Lipinski definition) is 3. The van der Waals surface area contributed by atoms with E-state index in [-0.39, 0.29) is 11.8 Å². The Morgan fingerprint density at radius 3 is 2.72 bits per heavy atom. The second-order valence-corrected chi connectivity index (χ2v) is 5.32. The van der Waals surface area contributed by atoms with E-state index in [9.17, 15) is 4.79 Å². The van der Waals surface area contributed by atoms with Gasteiger partial charge >= 0.3 is 0 Å². The van der Waals surface area contributed by atoms with Crippen LogP contribution < -0.4 is 10.6 Å². The molecule has 0 radical (unpaired) electrons. The lowest BCUT2D eigenvalue weighted by Crippen LogP contribution is -2.48. The van der Waals surface area contributed by atoms with Crippen LogP contribution in [0.15, 0.2) is 41.8 Å². The van der Waals surface area contributed by atoms with Crippen molar-refractivity contribution in [1.29, 1.82) is 0 Å². The molecular weight excluding hydrogens is 244 g/mol. The number of rotatable bonds is 3. The summed E-state index contributed by atoms with van der Waals surface area (Å²) < 4.78 is 0. The molecule has 1 fully saturated rings. The van der Waals surface area contributed by atoms with Gasteiger partial charge in [0.1, 0.15) is 0 Å². The molecule has 1 aliphatic heterocycles. The lowest BCUT2D eigenvalue weighted by Gasteiger charge is -2.26. The van der Waals surface area contributed by atoms with Crippen LogP contribution in [0.4, 0.5) is 5.69 Å². The van der Waals surface area contributed by atoms with E-state index in [1.807, 2.05) is 35.7 Å². The van der Waals surface area contributed by atoms with Crippen LogP contribution in [0, 0.1) is 5.92 Å². The van der Waals surface area contributed by atoms with E-state index < -0.39 is 0 Å². The van der Waals surface area contributed by atoms with Crippen LogP contribution in [0.5, 0.6) is 0 Å². The van der Waals surface area contributed by atoms with Crippen LogP contribution in [-0.4, -0.2) is 19.0 Å². The molecule has 2 aromatic rings. The molecule has 0 spiro atoms. The molecule has 18 heavy (non-hydrogen) atoms. The maximum absolute atomic E-state index is 12.0. The lowest BCUT2D eigenvalue weighted by atomic mass is 10.0. The molecule has 1 saturated heterocycles. The monoisotopic (exact) mass is 258 g/mol. The Labute approximate surface area is 110 Å². The first kappa shape index (κ1) is 11.4. The SMILES string of the molecule is O=C(Nc1ccccc1-c1cccs1)C1CNC1. The van der Waals surface area contributed by atoms with Gasteiger partial charge in [-0.15, -0.1) is 11.3 Å². The van der Waals surface area contributed by atoms with Crippen molar-refractivity contribution < 1.29 is 4.79 Å². The van der Waals surface area contributed by atoms with E-state index in [0.717, 1.165) is 24.3 Å². The topological polar surface area (TPSA) is 41.1 Å².